The highest BCUT2D eigenvalue weighted by atomic mass is 16.3. The molecule has 3 aromatic heterocycles. The van der Waals surface area contributed by atoms with E-state index in [2.05, 4.69) is 19.9 Å². The third-order valence-corrected chi connectivity index (χ3v) is 2.44. The minimum Gasteiger partial charge on any atom is -0.396 e. The second-order valence-corrected chi connectivity index (χ2v) is 3.42. The van der Waals surface area contributed by atoms with Crippen LogP contribution in [0.2, 0.25) is 0 Å². The molecule has 3 rings (SSSR count). The van der Waals surface area contributed by atoms with Crippen molar-refractivity contribution in [2.24, 2.45) is 0 Å². The van der Waals surface area contributed by atoms with Gasteiger partial charge in [-0.25, -0.2) is 9.97 Å². The van der Waals surface area contributed by atoms with Crippen LogP contribution in [0.4, 0.5) is 0 Å². The summed E-state index contributed by atoms with van der Waals surface area (Å²) in [5.41, 5.74) is 2.66. The second-order valence-electron chi connectivity index (χ2n) is 3.42. The van der Waals surface area contributed by atoms with Crippen molar-refractivity contribution >= 4 is 22.1 Å². The third kappa shape index (κ3) is 1.20. The third-order valence-electron chi connectivity index (χ3n) is 2.44. The first-order valence-electron chi connectivity index (χ1n) is 4.80. The van der Waals surface area contributed by atoms with E-state index in [1.807, 2.05) is 12.3 Å². The van der Waals surface area contributed by atoms with E-state index in [0.29, 0.717) is 6.42 Å². The summed E-state index contributed by atoms with van der Waals surface area (Å²) in [4.78, 5) is 14.8. The van der Waals surface area contributed by atoms with Gasteiger partial charge in [-0.05, 0) is 6.07 Å². The van der Waals surface area contributed by atoms with Crippen molar-refractivity contribution in [2.75, 3.05) is 6.61 Å². The molecule has 0 bridgehead atoms. The lowest BCUT2D eigenvalue weighted by atomic mass is 10.3. The molecular weight excluding hydrogens is 192 g/mol. The van der Waals surface area contributed by atoms with Crippen molar-refractivity contribution < 1.29 is 5.11 Å². The van der Waals surface area contributed by atoms with E-state index in [4.69, 9.17) is 5.11 Å². The highest BCUT2D eigenvalue weighted by molar-refractivity contribution is 6.00. The molecule has 0 aliphatic heterocycles. The second kappa shape index (κ2) is 3.06. The van der Waals surface area contributed by atoms with E-state index in [0.717, 1.165) is 27.9 Å². The average molecular weight is 202 g/mol. The van der Waals surface area contributed by atoms with Crippen LogP contribution in [-0.2, 0) is 6.42 Å². The van der Waals surface area contributed by atoms with Crippen molar-refractivity contribution in [3.63, 3.8) is 0 Å². The van der Waals surface area contributed by atoms with Gasteiger partial charge in [-0.1, -0.05) is 0 Å². The Kier molecular flexibility index (Phi) is 1.72. The number of aliphatic hydroxyl groups excluding tert-OH is 1. The summed E-state index contributed by atoms with van der Waals surface area (Å²) in [7, 11) is 0. The van der Waals surface area contributed by atoms with Gasteiger partial charge in [0, 0.05) is 18.0 Å². The molecule has 0 saturated carbocycles. The van der Waals surface area contributed by atoms with Gasteiger partial charge in [0.25, 0.3) is 0 Å². The lowest BCUT2D eigenvalue weighted by Gasteiger charge is -1.89. The predicted octanol–water partition coefficient (Wildman–Crippen LogP) is 0.974. The molecule has 3 heterocycles. The number of aromatic nitrogens is 4. The fraction of sp³-hybridized carbons (Fsp3) is 0.200. The first kappa shape index (κ1) is 8.43. The van der Waals surface area contributed by atoms with Crippen LogP contribution in [0, 0.1) is 0 Å². The van der Waals surface area contributed by atoms with Crippen LogP contribution in [0.15, 0.2) is 18.5 Å². The molecule has 0 aromatic carbocycles. The summed E-state index contributed by atoms with van der Waals surface area (Å²) in [5, 5.41) is 9.87. The number of nitrogens with one attached hydrogen (secondary N) is 2. The Labute approximate surface area is 85.2 Å². The van der Waals surface area contributed by atoms with Gasteiger partial charge in [0.1, 0.15) is 17.0 Å². The van der Waals surface area contributed by atoms with E-state index in [1.165, 1.54) is 0 Å². The smallest absolute Gasteiger partial charge is 0.139 e. The molecule has 0 atom stereocenters. The molecule has 0 saturated heterocycles. The lowest BCUT2D eigenvalue weighted by molar-refractivity contribution is 0.297. The number of rotatable bonds is 2. The number of aromatic amines is 2. The van der Waals surface area contributed by atoms with Crippen LogP contribution < -0.4 is 0 Å². The van der Waals surface area contributed by atoms with Gasteiger partial charge in [0.15, 0.2) is 0 Å². The van der Waals surface area contributed by atoms with E-state index < -0.39 is 0 Å². The Morgan fingerprint density at radius 2 is 2.33 bits per heavy atom. The fourth-order valence-electron chi connectivity index (χ4n) is 1.76. The van der Waals surface area contributed by atoms with Crippen LogP contribution in [-0.4, -0.2) is 31.6 Å². The Morgan fingerprint density at radius 1 is 1.40 bits per heavy atom. The van der Waals surface area contributed by atoms with Crippen LogP contribution in [0.5, 0.6) is 0 Å². The summed E-state index contributed by atoms with van der Waals surface area (Å²) in [5.74, 6) is 0.794. The minimum atomic E-state index is 0.101. The van der Waals surface area contributed by atoms with Crippen LogP contribution in [0.25, 0.3) is 22.1 Å². The normalized spacial score (nSPS) is 11.5. The summed E-state index contributed by atoms with van der Waals surface area (Å²) in [6, 6.07) is 1.96. The summed E-state index contributed by atoms with van der Waals surface area (Å²) >= 11 is 0. The predicted molar refractivity (Wildman–Crippen MR) is 56.5 cm³/mol. The minimum absolute atomic E-state index is 0.101. The average Bonchev–Trinajstić information content (AvgIpc) is 2.80. The maximum atomic E-state index is 8.84. The standard InChI is InChI=1S/C10H10N4O/c15-4-2-8-13-7-5-12-10-6(1-3-11-10)9(7)14-8/h1,3,5,15H,2,4H2,(H,11,12)(H,13,14). The van der Waals surface area contributed by atoms with E-state index in [1.54, 1.807) is 6.20 Å². The van der Waals surface area contributed by atoms with Gasteiger partial charge in [0.2, 0.25) is 0 Å². The van der Waals surface area contributed by atoms with Gasteiger partial charge < -0.3 is 15.1 Å². The van der Waals surface area contributed by atoms with Crippen molar-refractivity contribution in [1.29, 1.82) is 0 Å². The van der Waals surface area contributed by atoms with Crippen molar-refractivity contribution in [2.45, 2.75) is 6.42 Å². The fourth-order valence-corrected chi connectivity index (χ4v) is 1.76. The molecular formula is C10H10N4O. The largest absolute Gasteiger partial charge is 0.396 e. The lowest BCUT2D eigenvalue weighted by Crippen LogP contribution is -1.91. The van der Waals surface area contributed by atoms with Crippen LogP contribution in [0.3, 0.4) is 0 Å². The van der Waals surface area contributed by atoms with Gasteiger partial charge in [-0.15, -0.1) is 0 Å². The topological polar surface area (TPSA) is 77.6 Å². The van der Waals surface area contributed by atoms with E-state index in [-0.39, 0.29) is 6.61 Å². The Morgan fingerprint density at radius 3 is 3.20 bits per heavy atom. The first-order valence-corrected chi connectivity index (χ1v) is 4.80. The molecule has 76 valence electrons. The quantitative estimate of drug-likeness (QED) is 0.579. The molecule has 15 heavy (non-hydrogen) atoms. The molecule has 0 aliphatic rings. The molecule has 0 radical (unpaired) electrons. The van der Waals surface area contributed by atoms with Gasteiger partial charge in [-0.3, -0.25) is 0 Å². The summed E-state index contributed by atoms with van der Waals surface area (Å²) in [6.07, 6.45) is 4.12. The van der Waals surface area contributed by atoms with Crippen LogP contribution >= 0.6 is 0 Å². The number of nitrogens with zero attached hydrogens (tertiary/aromatic N) is 2. The zero-order valence-corrected chi connectivity index (χ0v) is 7.99. The number of imidazole rings is 1. The van der Waals surface area contributed by atoms with Gasteiger partial charge in [-0.2, -0.15) is 0 Å². The van der Waals surface area contributed by atoms with Crippen molar-refractivity contribution in [1.82, 2.24) is 19.9 Å². The molecule has 0 amide bonds. The van der Waals surface area contributed by atoms with Crippen molar-refractivity contribution in [3.8, 4) is 0 Å². The number of hydrogen-bond donors (Lipinski definition) is 3. The van der Waals surface area contributed by atoms with Gasteiger partial charge in [0.05, 0.1) is 18.3 Å². The van der Waals surface area contributed by atoms with E-state index in [9.17, 15) is 0 Å². The molecule has 0 aliphatic carbocycles. The number of hydrogen-bond acceptors (Lipinski definition) is 3. The zero-order chi connectivity index (χ0) is 10.3. The summed E-state index contributed by atoms with van der Waals surface area (Å²) < 4.78 is 0. The SMILES string of the molecule is OCCc1nc2cnc3[nH]ccc3c2[nH]1. The maximum Gasteiger partial charge on any atom is 0.139 e. The Bertz CT molecular complexity index is 610. The number of pyridine rings is 1. The Balaban J connectivity index is 2.32. The molecule has 3 aromatic rings. The molecule has 3 N–H and O–H groups in total. The monoisotopic (exact) mass is 202 g/mol. The zero-order valence-electron chi connectivity index (χ0n) is 7.99. The molecule has 0 fully saturated rings. The highest BCUT2D eigenvalue weighted by Crippen LogP contribution is 2.20. The number of H-pyrrole nitrogens is 2. The molecule has 0 spiro atoms. The molecule has 0 unspecified atom stereocenters. The van der Waals surface area contributed by atoms with E-state index >= 15 is 0 Å². The number of aliphatic hydroxyl groups is 1. The first-order chi connectivity index (χ1) is 7.38. The van der Waals surface area contributed by atoms with Crippen molar-refractivity contribution in [3.05, 3.63) is 24.3 Å². The molecule has 5 heteroatoms. The maximum absolute atomic E-state index is 8.84. The number of fused-ring (bicyclic) bond motifs is 3. The summed E-state index contributed by atoms with van der Waals surface area (Å²) in [6.45, 7) is 0.101. The van der Waals surface area contributed by atoms with Crippen LogP contribution in [0.1, 0.15) is 5.82 Å². The van der Waals surface area contributed by atoms with Gasteiger partial charge >= 0.3 is 0 Å². The molecule has 5 nitrogen and oxygen atoms in total. The highest BCUT2D eigenvalue weighted by Gasteiger charge is 2.07. The Hall–Kier alpha value is -1.88.